The first-order valence-electron chi connectivity index (χ1n) is 4.04. The molecule has 14 heavy (non-hydrogen) atoms. The van der Waals surface area contributed by atoms with Crippen LogP contribution in [-0.2, 0) is 4.74 Å². The van der Waals surface area contributed by atoms with Gasteiger partial charge >= 0.3 is 6.18 Å². The van der Waals surface area contributed by atoms with E-state index >= 15 is 0 Å². The van der Waals surface area contributed by atoms with Gasteiger partial charge in [0.25, 0.3) is 0 Å². The van der Waals surface area contributed by atoms with Crippen molar-refractivity contribution >= 4 is 0 Å². The third-order valence-electron chi connectivity index (χ3n) is 1.22. The largest absolute Gasteiger partial charge is 0.484 e. The maximum Gasteiger partial charge on any atom is 0.422 e. The molecular weight excluding hydrogens is 193 g/mol. The number of allylic oxidation sites excluding steroid dienone is 4. The van der Waals surface area contributed by atoms with Crippen LogP contribution in [0, 0.1) is 0 Å². The fourth-order valence-corrected chi connectivity index (χ4v) is 0.617. The molecule has 0 atom stereocenters. The van der Waals surface area contributed by atoms with Crippen LogP contribution in [0.1, 0.15) is 13.8 Å². The molecule has 0 amide bonds. The molecule has 0 fully saturated rings. The maximum absolute atomic E-state index is 11.8. The molecule has 0 aliphatic rings. The highest BCUT2D eigenvalue weighted by Crippen LogP contribution is 2.16. The summed E-state index contributed by atoms with van der Waals surface area (Å²) in [7, 11) is 0. The molecule has 0 aliphatic heterocycles. The first-order valence-corrected chi connectivity index (χ1v) is 4.04. The monoisotopic (exact) mass is 206 g/mol. The summed E-state index contributed by atoms with van der Waals surface area (Å²) in [6.07, 6.45) is 0.205. The van der Waals surface area contributed by atoms with E-state index in [4.69, 9.17) is 0 Å². The quantitative estimate of drug-likeness (QED) is 0.504. The second-order valence-electron chi connectivity index (χ2n) is 2.77. The van der Waals surface area contributed by atoms with E-state index < -0.39 is 12.8 Å². The van der Waals surface area contributed by atoms with Crippen molar-refractivity contribution in [3.8, 4) is 0 Å². The van der Waals surface area contributed by atoms with Gasteiger partial charge in [-0.2, -0.15) is 13.2 Å². The molecule has 0 heterocycles. The van der Waals surface area contributed by atoms with Crippen LogP contribution in [0.25, 0.3) is 0 Å². The third-order valence-corrected chi connectivity index (χ3v) is 1.22. The van der Waals surface area contributed by atoms with Gasteiger partial charge in [0.1, 0.15) is 5.76 Å². The van der Waals surface area contributed by atoms with Gasteiger partial charge in [-0.15, -0.1) is 0 Å². The van der Waals surface area contributed by atoms with Gasteiger partial charge < -0.3 is 4.74 Å². The van der Waals surface area contributed by atoms with E-state index in [9.17, 15) is 13.2 Å². The summed E-state index contributed by atoms with van der Waals surface area (Å²) >= 11 is 0. The zero-order valence-corrected chi connectivity index (χ0v) is 8.19. The van der Waals surface area contributed by atoms with E-state index in [1.54, 1.807) is 19.9 Å². The van der Waals surface area contributed by atoms with Gasteiger partial charge in [-0.3, -0.25) is 0 Å². The Labute approximate surface area is 81.6 Å². The van der Waals surface area contributed by atoms with Gasteiger partial charge in [-0.25, -0.2) is 0 Å². The minimum Gasteiger partial charge on any atom is -0.484 e. The topological polar surface area (TPSA) is 9.23 Å². The fraction of sp³-hybridized carbons (Fsp3) is 0.400. The Hall–Kier alpha value is -1.19. The predicted molar refractivity (Wildman–Crippen MR) is 49.7 cm³/mol. The van der Waals surface area contributed by atoms with Crippen molar-refractivity contribution in [1.29, 1.82) is 0 Å². The van der Waals surface area contributed by atoms with Gasteiger partial charge in [0.2, 0.25) is 0 Å². The summed E-state index contributed by atoms with van der Waals surface area (Å²) in [6, 6.07) is 0. The molecule has 0 saturated carbocycles. The SMILES string of the molecule is C=C(C)/C=C\C(=C/C)OCC(F)(F)F. The Morgan fingerprint density at radius 1 is 1.36 bits per heavy atom. The smallest absolute Gasteiger partial charge is 0.422 e. The number of halogens is 3. The van der Waals surface area contributed by atoms with Gasteiger partial charge in [0.05, 0.1) is 0 Å². The minimum absolute atomic E-state index is 0.185. The highest BCUT2D eigenvalue weighted by Gasteiger charge is 2.28. The molecule has 1 nitrogen and oxygen atoms in total. The van der Waals surface area contributed by atoms with Gasteiger partial charge in [0, 0.05) is 0 Å². The standard InChI is InChI=1S/C10H13F3O/c1-4-9(6-5-8(2)3)14-7-10(11,12)13/h4-6H,2,7H2,1,3H3/b6-5-,9-4+. The summed E-state index contributed by atoms with van der Waals surface area (Å²) in [5.41, 5.74) is 0.750. The molecule has 0 aliphatic carbocycles. The van der Waals surface area contributed by atoms with Crippen molar-refractivity contribution in [3.05, 3.63) is 36.1 Å². The number of rotatable bonds is 4. The zero-order chi connectivity index (χ0) is 11.2. The van der Waals surface area contributed by atoms with E-state index in [2.05, 4.69) is 11.3 Å². The maximum atomic E-state index is 11.8. The van der Waals surface area contributed by atoms with Crippen molar-refractivity contribution in [3.63, 3.8) is 0 Å². The minimum atomic E-state index is -4.30. The molecule has 0 radical (unpaired) electrons. The van der Waals surface area contributed by atoms with E-state index in [1.807, 2.05) is 0 Å². The Morgan fingerprint density at radius 2 is 1.93 bits per heavy atom. The average Bonchev–Trinajstić information content (AvgIpc) is 2.02. The van der Waals surface area contributed by atoms with Crippen molar-refractivity contribution in [2.75, 3.05) is 6.61 Å². The Morgan fingerprint density at radius 3 is 2.29 bits per heavy atom. The lowest BCUT2D eigenvalue weighted by Gasteiger charge is -2.09. The normalized spacial score (nSPS) is 13.4. The van der Waals surface area contributed by atoms with Crippen LogP contribution in [0.5, 0.6) is 0 Å². The number of hydrogen-bond donors (Lipinski definition) is 0. The number of hydrogen-bond acceptors (Lipinski definition) is 1. The average molecular weight is 206 g/mol. The molecule has 0 rings (SSSR count). The fourth-order valence-electron chi connectivity index (χ4n) is 0.617. The molecule has 0 aromatic heterocycles. The van der Waals surface area contributed by atoms with E-state index in [0.717, 1.165) is 5.57 Å². The summed E-state index contributed by atoms with van der Waals surface area (Å²) in [5.74, 6) is 0.185. The molecular formula is C10H13F3O. The second-order valence-corrected chi connectivity index (χ2v) is 2.77. The summed E-state index contributed by atoms with van der Waals surface area (Å²) in [6.45, 7) is 5.66. The van der Waals surface area contributed by atoms with Gasteiger partial charge in [-0.1, -0.05) is 18.2 Å². The predicted octanol–water partition coefficient (Wildman–Crippen LogP) is 3.60. The van der Waals surface area contributed by atoms with Crippen LogP contribution in [0.3, 0.4) is 0 Å². The highest BCUT2D eigenvalue weighted by molar-refractivity contribution is 5.20. The molecule has 0 aromatic carbocycles. The molecule has 0 spiro atoms. The first kappa shape index (κ1) is 12.8. The Bertz CT molecular complexity index is 249. The highest BCUT2D eigenvalue weighted by atomic mass is 19.4. The molecule has 0 unspecified atom stereocenters. The van der Waals surface area contributed by atoms with Crippen molar-refractivity contribution in [2.24, 2.45) is 0 Å². The van der Waals surface area contributed by atoms with Crippen molar-refractivity contribution < 1.29 is 17.9 Å². The van der Waals surface area contributed by atoms with Crippen molar-refractivity contribution in [1.82, 2.24) is 0 Å². The molecule has 0 aromatic rings. The second kappa shape index (κ2) is 5.52. The lowest BCUT2D eigenvalue weighted by Crippen LogP contribution is -2.16. The van der Waals surface area contributed by atoms with E-state index in [-0.39, 0.29) is 5.76 Å². The van der Waals surface area contributed by atoms with E-state index in [1.165, 1.54) is 12.2 Å². The Balaban J connectivity index is 4.13. The Kier molecular flexibility index (Phi) is 5.05. The van der Waals surface area contributed by atoms with Crippen LogP contribution in [0.4, 0.5) is 13.2 Å². The summed E-state index contributed by atoms with van der Waals surface area (Å²) in [4.78, 5) is 0. The van der Waals surface area contributed by atoms with Gasteiger partial charge in [0.15, 0.2) is 6.61 Å². The van der Waals surface area contributed by atoms with E-state index in [0.29, 0.717) is 0 Å². The van der Waals surface area contributed by atoms with Crippen LogP contribution in [0.2, 0.25) is 0 Å². The molecule has 0 bridgehead atoms. The lowest BCUT2D eigenvalue weighted by atomic mass is 10.3. The van der Waals surface area contributed by atoms with Crippen LogP contribution in [-0.4, -0.2) is 12.8 Å². The van der Waals surface area contributed by atoms with Crippen LogP contribution < -0.4 is 0 Å². The van der Waals surface area contributed by atoms with Crippen molar-refractivity contribution in [2.45, 2.75) is 20.0 Å². The van der Waals surface area contributed by atoms with Crippen LogP contribution in [0.15, 0.2) is 36.1 Å². The molecule has 0 saturated heterocycles. The zero-order valence-electron chi connectivity index (χ0n) is 8.19. The first-order chi connectivity index (χ1) is 6.35. The number of alkyl halides is 3. The summed E-state index contributed by atoms with van der Waals surface area (Å²) < 4.78 is 39.8. The van der Waals surface area contributed by atoms with Crippen LogP contribution >= 0.6 is 0 Å². The molecule has 4 heteroatoms. The van der Waals surface area contributed by atoms with Gasteiger partial charge in [-0.05, 0) is 26.0 Å². The third kappa shape index (κ3) is 7.46. The molecule has 0 N–H and O–H groups in total. The molecule has 80 valence electrons. The number of ether oxygens (including phenoxy) is 1. The lowest BCUT2D eigenvalue weighted by molar-refractivity contribution is -0.163. The summed E-state index contributed by atoms with van der Waals surface area (Å²) in [5, 5.41) is 0.